The number of nitrogens with zero attached hydrogens (tertiary/aromatic N) is 4. The van der Waals surface area contributed by atoms with Crippen LogP contribution in [0.2, 0.25) is 0 Å². The molecule has 1 fully saturated rings. The van der Waals surface area contributed by atoms with Gasteiger partial charge in [-0.3, -0.25) is 0 Å². The van der Waals surface area contributed by atoms with Gasteiger partial charge < -0.3 is 9.47 Å². The Hall–Kier alpha value is -1.42. The van der Waals surface area contributed by atoms with Gasteiger partial charge in [-0.05, 0) is 84.0 Å². The summed E-state index contributed by atoms with van der Waals surface area (Å²) >= 11 is 0. The SMILES string of the molecule is CC[C@@H](CCCn1cc(C)c2c(C)nc(C)nc21)C1CCN(C)CC1. The number of aryl methyl sites for hydroxylation is 4. The fourth-order valence-corrected chi connectivity index (χ4v) is 4.69. The molecule has 3 heterocycles. The Morgan fingerprint density at radius 1 is 1.16 bits per heavy atom. The van der Waals surface area contributed by atoms with Crippen LogP contribution in [0.15, 0.2) is 6.20 Å². The Morgan fingerprint density at radius 3 is 2.56 bits per heavy atom. The lowest BCUT2D eigenvalue weighted by atomic mass is 9.80. The molecule has 4 nitrogen and oxygen atoms in total. The first kappa shape index (κ1) is 18.4. The molecule has 0 aromatic carbocycles. The normalized spacial score (nSPS) is 18.1. The first-order valence-corrected chi connectivity index (χ1v) is 9.98. The summed E-state index contributed by atoms with van der Waals surface area (Å²) in [6, 6.07) is 0. The Kier molecular flexibility index (Phi) is 5.78. The number of aromatic nitrogens is 3. The molecule has 4 heteroatoms. The molecule has 0 unspecified atom stereocenters. The van der Waals surface area contributed by atoms with Crippen molar-refractivity contribution in [2.75, 3.05) is 20.1 Å². The molecule has 0 amide bonds. The van der Waals surface area contributed by atoms with Crippen LogP contribution in [0.25, 0.3) is 11.0 Å². The molecule has 1 aliphatic heterocycles. The van der Waals surface area contributed by atoms with E-state index < -0.39 is 0 Å². The minimum absolute atomic E-state index is 0.877. The molecule has 2 aromatic heterocycles. The number of fused-ring (bicyclic) bond motifs is 1. The second-order valence-corrected chi connectivity index (χ2v) is 8.01. The molecule has 1 saturated heterocycles. The fraction of sp³-hybridized carbons (Fsp3) is 0.714. The first-order chi connectivity index (χ1) is 12.0. The van der Waals surface area contributed by atoms with Crippen molar-refractivity contribution in [2.45, 2.75) is 66.3 Å². The van der Waals surface area contributed by atoms with E-state index in [9.17, 15) is 0 Å². The maximum atomic E-state index is 4.72. The highest BCUT2D eigenvalue weighted by molar-refractivity contribution is 5.82. The topological polar surface area (TPSA) is 34.0 Å². The summed E-state index contributed by atoms with van der Waals surface area (Å²) < 4.78 is 2.35. The minimum Gasteiger partial charge on any atom is -0.332 e. The molecule has 0 saturated carbocycles. The van der Waals surface area contributed by atoms with Crippen LogP contribution >= 0.6 is 0 Å². The Morgan fingerprint density at radius 2 is 1.88 bits per heavy atom. The maximum Gasteiger partial charge on any atom is 0.144 e. The van der Waals surface area contributed by atoms with Crippen LogP contribution in [-0.2, 0) is 6.54 Å². The quantitative estimate of drug-likeness (QED) is 0.775. The van der Waals surface area contributed by atoms with Crippen molar-refractivity contribution in [2.24, 2.45) is 11.8 Å². The van der Waals surface area contributed by atoms with Crippen LogP contribution in [0, 0.1) is 32.6 Å². The number of piperidine rings is 1. The summed E-state index contributed by atoms with van der Waals surface area (Å²) in [4.78, 5) is 11.7. The van der Waals surface area contributed by atoms with Gasteiger partial charge in [-0.25, -0.2) is 9.97 Å². The molecular weight excluding hydrogens is 308 g/mol. The summed E-state index contributed by atoms with van der Waals surface area (Å²) in [6.45, 7) is 12.3. The molecule has 1 atom stereocenters. The van der Waals surface area contributed by atoms with E-state index in [1.165, 1.54) is 56.1 Å². The summed E-state index contributed by atoms with van der Waals surface area (Å²) in [5, 5.41) is 1.24. The van der Waals surface area contributed by atoms with E-state index in [0.717, 1.165) is 35.5 Å². The van der Waals surface area contributed by atoms with Crippen LogP contribution in [0.4, 0.5) is 0 Å². The molecule has 0 aliphatic carbocycles. The van der Waals surface area contributed by atoms with Gasteiger partial charge in [0.1, 0.15) is 11.5 Å². The van der Waals surface area contributed by atoms with Gasteiger partial charge in [0.05, 0.1) is 5.69 Å². The average molecular weight is 343 g/mol. The van der Waals surface area contributed by atoms with E-state index in [-0.39, 0.29) is 0 Å². The molecule has 3 rings (SSSR count). The molecule has 138 valence electrons. The summed E-state index contributed by atoms with van der Waals surface area (Å²) in [7, 11) is 2.25. The highest BCUT2D eigenvalue weighted by Crippen LogP contribution is 2.31. The number of hydrogen-bond donors (Lipinski definition) is 0. The predicted molar refractivity (Wildman–Crippen MR) is 105 cm³/mol. The molecule has 0 N–H and O–H groups in total. The largest absolute Gasteiger partial charge is 0.332 e. The van der Waals surface area contributed by atoms with Crippen molar-refractivity contribution in [3.63, 3.8) is 0 Å². The first-order valence-electron chi connectivity index (χ1n) is 9.98. The zero-order valence-corrected chi connectivity index (χ0v) is 16.7. The molecule has 0 radical (unpaired) electrons. The Bertz CT molecular complexity index is 710. The standard InChI is InChI=1S/C21H34N4/c1-6-18(19-9-12-24(5)13-10-19)8-7-11-25-14-15(2)20-16(3)22-17(4)23-21(20)25/h14,18-19H,6-13H2,1-5H3/t18-/m0/s1. The summed E-state index contributed by atoms with van der Waals surface area (Å²) in [5.41, 5.74) is 3.53. The Labute approximate surface area is 152 Å². The van der Waals surface area contributed by atoms with Crippen molar-refractivity contribution in [3.8, 4) is 0 Å². The monoisotopic (exact) mass is 342 g/mol. The van der Waals surface area contributed by atoms with Crippen LogP contribution in [0.1, 0.15) is 56.1 Å². The number of likely N-dealkylation sites (tertiary alicyclic amines) is 1. The smallest absolute Gasteiger partial charge is 0.144 e. The summed E-state index contributed by atoms with van der Waals surface area (Å²) in [5.74, 6) is 2.69. The van der Waals surface area contributed by atoms with Gasteiger partial charge in [0.15, 0.2) is 0 Å². The predicted octanol–water partition coefficient (Wildman–Crippen LogP) is 4.50. The van der Waals surface area contributed by atoms with Crippen LogP contribution in [0.3, 0.4) is 0 Å². The zero-order valence-electron chi connectivity index (χ0n) is 16.7. The van der Waals surface area contributed by atoms with Crippen molar-refractivity contribution in [1.82, 2.24) is 19.4 Å². The average Bonchev–Trinajstić information content (AvgIpc) is 2.88. The van der Waals surface area contributed by atoms with Gasteiger partial charge in [0.2, 0.25) is 0 Å². The fourth-order valence-electron chi connectivity index (χ4n) is 4.69. The van der Waals surface area contributed by atoms with Gasteiger partial charge in [0, 0.05) is 18.1 Å². The van der Waals surface area contributed by atoms with Crippen molar-refractivity contribution in [1.29, 1.82) is 0 Å². The minimum atomic E-state index is 0.877. The van der Waals surface area contributed by atoms with Gasteiger partial charge >= 0.3 is 0 Å². The van der Waals surface area contributed by atoms with Gasteiger partial charge in [-0.2, -0.15) is 0 Å². The molecule has 0 bridgehead atoms. The highest BCUT2D eigenvalue weighted by atomic mass is 15.1. The summed E-state index contributed by atoms with van der Waals surface area (Å²) in [6.07, 6.45) is 8.93. The molecule has 2 aromatic rings. The molecular formula is C21H34N4. The van der Waals surface area contributed by atoms with E-state index in [4.69, 9.17) is 4.98 Å². The second-order valence-electron chi connectivity index (χ2n) is 8.01. The van der Waals surface area contributed by atoms with Crippen molar-refractivity contribution >= 4 is 11.0 Å². The third-order valence-corrected chi connectivity index (χ3v) is 6.13. The lowest BCUT2D eigenvalue weighted by molar-refractivity contribution is 0.159. The van der Waals surface area contributed by atoms with Gasteiger partial charge in [-0.1, -0.05) is 13.3 Å². The van der Waals surface area contributed by atoms with E-state index in [1.807, 2.05) is 6.92 Å². The molecule has 1 aliphatic rings. The Balaban J connectivity index is 1.64. The second kappa shape index (κ2) is 7.86. The van der Waals surface area contributed by atoms with E-state index in [1.54, 1.807) is 0 Å². The van der Waals surface area contributed by atoms with Gasteiger partial charge in [-0.15, -0.1) is 0 Å². The molecule has 0 spiro atoms. The van der Waals surface area contributed by atoms with Crippen molar-refractivity contribution in [3.05, 3.63) is 23.3 Å². The van der Waals surface area contributed by atoms with Crippen LogP contribution < -0.4 is 0 Å². The van der Waals surface area contributed by atoms with Gasteiger partial charge in [0.25, 0.3) is 0 Å². The van der Waals surface area contributed by atoms with Crippen molar-refractivity contribution < 1.29 is 0 Å². The van der Waals surface area contributed by atoms with Crippen LogP contribution in [-0.4, -0.2) is 39.6 Å². The lowest BCUT2D eigenvalue weighted by Gasteiger charge is -2.34. The highest BCUT2D eigenvalue weighted by Gasteiger charge is 2.23. The van der Waals surface area contributed by atoms with Crippen LogP contribution in [0.5, 0.6) is 0 Å². The van der Waals surface area contributed by atoms with E-state index in [0.29, 0.717) is 0 Å². The van der Waals surface area contributed by atoms with E-state index >= 15 is 0 Å². The third-order valence-electron chi connectivity index (χ3n) is 6.13. The number of hydrogen-bond acceptors (Lipinski definition) is 3. The number of rotatable bonds is 6. The zero-order chi connectivity index (χ0) is 18.0. The molecule has 25 heavy (non-hydrogen) atoms. The maximum absolute atomic E-state index is 4.72. The lowest BCUT2D eigenvalue weighted by Crippen LogP contribution is -2.33. The third kappa shape index (κ3) is 4.05. The van der Waals surface area contributed by atoms with E-state index in [2.05, 4.69) is 48.5 Å².